The fourth-order valence-electron chi connectivity index (χ4n) is 5.48. The first-order chi connectivity index (χ1) is 13.1. The van der Waals surface area contributed by atoms with Crippen molar-refractivity contribution >= 4 is 9.84 Å². The average molecular weight is 417 g/mol. The molecule has 1 spiro atoms. The van der Waals surface area contributed by atoms with Crippen LogP contribution in [-0.4, -0.2) is 48.9 Å². The van der Waals surface area contributed by atoms with Gasteiger partial charge in [-0.25, -0.2) is 13.4 Å². The minimum absolute atomic E-state index is 0.0115. The molecule has 0 N–H and O–H groups in total. The van der Waals surface area contributed by atoms with E-state index in [-0.39, 0.29) is 11.3 Å². The standard InChI is InChI=1S/C20H27F3N2O2S/c1-2-17-16(7-8-18(24-17)20(21,22)23)14-3-5-15(6-4-14)25-10-9-19(11-25)12-28(26,27)13-19/h7-8,14-15H,2-6,9-13H2,1H3/t14-,15+. The molecule has 1 aromatic rings. The van der Waals surface area contributed by atoms with Gasteiger partial charge in [0.15, 0.2) is 9.84 Å². The second-order valence-electron chi connectivity index (χ2n) is 8.84. The van der Waals surface area contributed by atoms with Crippen LogP contribution >= 0.6 is 0 Å². The number of rotatable bonds is 3. The Morgan fingerprint density at radius 3 is 2.43 bits per heavy atom. The molecule has 3 aliphatic rings. The van der Waals surface area contributed by atoms with Gasteiger partial charge in [-0.1, -0.05) is 13.0 Å². The Morgan fingerprint density at radius 1 is 1.18 bits per heavy atom. The van der Waals surface area contributed by atoms with E-state index in [4.69, 9.17) is 0 Å². The van der Waals surface area contributed by atoms with E-state index < -0.39 is 21.7 Å². The largest absolute Gasteiger partial charge is 0.433 e. The Bertz CT molecular complexity index is 833. The lowest BCUT2D eigenvalue weighted by Crippen LogP contribution is -2.51. The molecule has 4 rings (SSSR count). The number of hydrogen-bond donors (Lipinski definition) is 0. The van der Waals surface area contributed by atoms with Crippen LogP contribution in [0, 0.1) is 5.41 Å². The summed E-state index contributed by atoms with van der Waals surface area (Å²) < 4.78 is 62.0. The van der Waals surface area contributed by atoms with Gasteiger partial charge in [0.1, 0.15) is 5.69 Å². The number of likely N-dealkylation sites (tertiary alicyclic amines) is 1. The molecule has 156 valence electrons. The van der Waals surface area contributed by atoms with E-state index in [1.807, 2.05) is 6.92 Å². The first-order valence-electron chi connectivity index (χ1n) is 10.1. The molecular formula is C20H27F3N2O2S. The molecule has 0 unspecified atom stereocenters. The lowest BCUT2D eigenvalue weighted by atomic mass is 9.80. The second kappa shape index (κ2) is 6.97. The van der Waals surface area contributed by atoms with Crippen molar-refractivity contribution in [3.05, 3.63) is 29.1 Å². The number of sulfone groups is 1. The number of aromatic nitrogens is 1. The SMILES string of the molecule is CCc1nc(C(F)(F)F)ccc1[C@H]1CC[C@@H](N2CCC3(C2)CS(=O)(=O)C3)CC1. The van der Waals surface area contributed by atoms with Crippen molar-refractivity contribution in [2.75, 3.05) is 24.6 Å². The van der Waals surface area contributed by atoms with Crippen LogP contribution in [-0.2, 0) is 22.4 Å². The number of hydrogen-bond acceptors (Lipinski definition) is 4. The maximum Gasteiger partial charge on any atom is 0.433 e. The highest BCUT2D eigenvalue weighted by Crippen LogP contribution is 2.44. The first kappa shape index (κ1) is 20.1. The van der Waals surface area contributed by atoms with Crippen LogP contribution < -0.4 is 0 Å². The van der Waals surface area contributed by atoms with Gasteiger partial charge in [-0.2, -0.15) is 13.2 Å². The Balaban J connectivity index is 1.38. The van der Waals surface area contributed by atoms with Gasteiger partial charge in [0, 0.05) is 23.7 Å². The highest BCUT2D eigenvalue weighted by molar-refractivity contribution is 7.92. The fourth-order valence-corrected chi connectivity index (χ4v) is 7.74. The zero-order chi connectivity index (χ0) is 20.2. The molecule has 1 saturated carbocycles. The molecule has 1 aromatic heterocycles. The average Bonchev–Trinajstić information content (AvgIpc) is 3.04. The number of pyridine rings is 1. The molecule has 2 aliphatic heterocycles. The Kier molecular flexibility index (Phi) is 5.01. The van der Waals surface area contributed by atoms with Gasteiger partial charge < -0.3 is 0 Å². The van der Waals surface area contributed by atoms with E-state index >= 15 is 0 Å². The topological polar surface area (TPSA) is 50.3 Å². The molecule has 0 atom stereocenters. The molecule has 1 aliphatic carbocycles. The summed E-state index contributed by atoms with van der Waals surface area (Å²) in [4.78, 5) is 6.35. The van der Waals surface area contributed by atoms with Gasteiger partial charge in [0.05, 0.1) is 11.5 Å². The van der Waals surface area contributed by atoms with Crippen LogP contribution in [0.25, 0.3) is 0 Å². The fraction of sp³-hybridized carbons (Fsp3) is 0.750. The molecule has 0 amide bonds. The molecule has 8 heteroatoms. The predicted octanol–water partition coefficient (Wildman–Crippen LogP) is 3.81. The number of halogens is 3. The maximum absolute atomic E-state index is 12.9. The zero-order valence-electron chi connectivity index (χ0n) is 16.1. The summed E-state index contributed by atoms with van der Waals surface area (Å²) >= 11 is 0. The van der Waals surface area contributed by atoms with E-state index in [0.29, 0.717) is 29.7 Å². The molecule has 0 radical (unpaired) electrons. The summed E-state index contributed by atoms with van der Waals surface area (Å²) in [6, 6.07) is 3.21. The van der Waals surface area contributed by atoms with Crippen LogP contribution in [0.3, 0.4) is 0 Å². The molecule has 2 saturated heterocycles. The van der Waals surface area contributed by atoms with E-state index in [2.05, 4.69) is 9.88 Å². The second-order valence-corrected chi connectivity index (χ2v) is 10.9. The van der Waals surface area contributed by atoms with Gasteiger partial charge >= 0.3 is 6.18 Å². The number of aryl methyl sites for hydroxylation is 1. The smallest absolute Gasteiger partial charge is 0.300 e. The molecule has 4 nitrogen and oxygen atoms in total. The van der Waals surface area contributed by atoms with Gasteiger partial charge in [-0.15, -0.1) is 0 Å². The summed E-state index contributed by atoms with van der Waals surface area (Å²) in [5.74, 6) is 0.938. The van der Waals surface area contributed by atoms with Crippen molar-refractivity contribution in [2.45, 2.75) is 63.6 Å². The molecule has 3 fully saturated rings. The molecular weight excluding hydrogens is 389 g/mol. The van der Waals surface area contributed by atoms with Crippen molar-refractivity contribution < 1.29 is 21.6 Å². The van der Waals surface area contributed by atoms with E-state index in [1.54, 1.807) is 6.07 Å². The third kappa shape index (κ3) is 3.82. The van der Waals surface area contributed by atoms with Crippen LogP contribution in [0.1, 0.15) is 61.9 Å². The van der Waals surface area contributed by atoms with Crippen molar-refractivity contribution in [1.82, 2.24) is 9.88 Å². The summed E-state index contributed by atoms with van der Waals surface area (Å²) in [7, 11) is -2.81. The molecule has 0 bridgehead atoms. The van der Waals surface area contributed by atoms with E-state index in [9.17, 15) is 21.6 Å². The third-order valence-electron chi connectivity index (χ3n) is 6.81. The van der Waals surface area contributed by atoms with Gasteiger partial charge in [-0.05, 0) is 62.6 Å². The van der Waals surface area contributed by atoms with E-state index in [0.717, 1.165) is 56.8 Å². The van der Waals surface area contributed by atoms with Crippen molar-refractivity contribution in [1.29, 1.82) is 0 Å². The highest BCUT2D eigenvalue weighted by Gasteiger charge is 2.53. The quantitative estimate of drug-likeness (QED) is 0.752. The Morgan fingerprint density at radius 2 is 1.86 bits per heavy atom. The summed E-state index contributed by atoms with van der Waals surface area (Å²) in [5, 5.41) is 0. The predicted molar refractivity (Wildman–Crippen MR) is 101 cm³/mol. The normalized spacial score (nSPS) is 29.7. The zero-order valence-corrected chi connectivity index (χ0v) is 17.0. The van der Waals surface area contributed by atoms with Crippen LogP contribution in [0.2, 0.25) is 0 Å². The first-order valence-corrected chi connectivity index (χ1v) is 11.9. The Labute approximate surface area is 164 Å². The monoisotopic (exact) mass is 416 g/mol. The third-order valence-corrected chi connectivity index (χ3v) is 8.91. The minimum atomic E-state index is -4.40. The highest BCUT2D eigenvalue weighted by atomic mass is 32.2. The number of nitrogens with zero attached hydrogens (tertiary/aromatic N) is 2. The van der Waals surface area contributed by atoms with Crippen molar-refractivity contribution in [3.8, 4) is 0 Å². The van der Waals surface area contributed by atoms with Crippen molar-refractivity contribution in [2.24, 2.45) is 5.41 Å². The summed E-state index contributed by atoms with van der Waals surface area (Å²) in [5.41, 5.74) is 0.720. The van der Waals surface area contributed by atoms with Crippen molar-refractivity contribution in [3.63, 3.8) is 0 Å². The van der Waals surface area contributed by atoms with Gasteiger partial charge in [0.25, 0.3) is 0 Å². The lowest BCUT2D eigenvalue weighted by molar-refractivity contribution is -0.141. The van der Waals surface area contributed by atoms with Gasteiger partial charge in [-0.3, -0.25) is 4.90 Å². The summed E-state index contributed by atoms with van der Waals surface area (Å²) in [6.07, 6.45) is 0.993. The Hall–Kier alpha value is -1.15. The molecule has 0 aromatic carbocycles. The van der Waals surface area contributed by atoms with Gasteiger partial charge in [0.2, 0.25) is 0 Å². The molecule has 3 heterocycles. The minimum Gasteiger partial charge on any atom is -0.300 e. The van der Waals surface area contributed by atoms with Crippen LogP contribution in [0.15, 0.2) is 12.1 Å². The van der Waals surface area contributed by atoms with Crippen LogP contribution in [0.4, 0.5) is 13.2 Å². The molecule has 28 heavy (non-hydrogen) atoms. The lowest BCUT2D eigenvalue weighted by Gasteiger charge is -2.40. The summed E-state index contributed by atoms with van der Waals surface area (Å²) in [6.45, 7) is 3.70. The maximum atomic E-state index is 12.9. The van der Waals surface area contributed by atoms with E-state index in [1.165, 1.54) is 0 Å². The van der Waals surface area contributed by atoms with Crippen LogP contribution in [0.5, 0.6) is 0 Å². The number of alkyl halides is 3.